The van der Waals surface area contributed by atoms with Gasteiger partial charge in [-0.1, -0.05) is 42.1 Å². The van der Waals surface area contributed by atoms with Gasteiger partial charge in [-0.25, -0.2) is 8.42 Å². The Balaban J connectivity index is 1.47. The van der Waals surface area contributed by atoms with Crippen molar-refractivity contribution in [1.29, 1.82) is 0 Å². The van der Waals surface area contributed by atoms with E-state index < -0.39 is 9.84 Å². The molecule has 2 aromatic rings. The van der Waals surface area contributed by atoms with Crippen molar-refractivity contribution in [3.63, 3.8) is 0 Å². The van der Waals surface area contributed by atoms with Crippen LogP contribution in [0.4, 0.5) is 0 Å². The zero-order chi connectivity index (χ0) is 15.4. The predicted molar refractivity (Wildman–Crippen MR) is 85.6 cm³/mol. The summed E-state index contributed by atoms with van der Waals surface area (Å²) >= 11 is 1.54. The van der Waals surface area contributed by atoms with Crippen LogP contribution in [-0.2, 0) is 22.7 Å². The quantitative estimate of drug-likeness (QED) is 0.753. The van der Waals surface area contributed by atoms with E-state index in [1.54, 1.807) is 0 Å². The molecule has 22 heavy (non-hydrogen) atoms. The molecule has 0 saturated carbocycles. The molecule has 7 heteroatoms. The summed E-state index contributed by atoms with van der Waals surface area (Å²) in [4.78, 5) is 0. The van der Waals surface area contributed by atoms with E-state index in [4.69, 9.17) is 4.42 Å². The number of nitrogens with zero attached hydrogens (tertiary/aromatic N) is 2. The SMILES string of the molecule is O=S1(=O)CC[C@@H](Cc2nnc(SCCc3ccccc3)o2)C1. The van der Waals surface area contributed by atoms with Crippen molar-refractivity contribution >= 4 is 21.6 Å². The molecular formula is C15H18N2O3S2. The van der Waals surface area contributed by atoms with Crippen LogP contribution in [0, 0.1) is 5.92 Å². The Morgan fingerprint density at radius 1 is 1.23 bits per heavy atom. The maximum Gasteiger partial charge on any atom is 0.276 e. The summed E-state index contributed by atoms with van der Waals surface area (Å²) in [6.45, 7) is 0. The number of thioether (sulfide) groups is 1. The molecule has 0 aliphatic carbocycles. The summed E-state index contributed by atoms with van der Waals surface area (Å²) in [5.74, 6) is 2.07. The van der Waals surface area contributed by atoms with Gasteiger partial charge in [-0.05, 0) is 24.3 Å². The molecule has 1 aromatic carbocycles. The molecule has 0 N–H and O–H groups in total. The maximum absolute atomic E-state index is 11.4. The molecule has 2 heterocycles. The molecule has 0 spiro atoms. The summed E-state index contributed by atoms with van der Waals surface area (Å²) in [6, 6.07) is 10.3. The van der Waals surface area contributed by atoms with Gasteiger partial charge in [0.1, 0.15) is 0 Å². The Morgan fingerprint density at radius 3 is 2.77 bits per heavy atom. The Bertz CT molecular complexity index is 713. The number of aromatic nitrogens is 2. The third-order valence-corrected chi connectivity index (χ3v) is 6.35. The number of sulfone groups is 1. The van der Waals surface area contributed by atoms with Crippen LogP contribution in [0.15, 0.2) is 40.0 Å². The number of rotatable bonds is 6. The second-order valence-electron chi connectivity index (χ2n) is 5.52. The van der Waals surface area contributed by atoms with Gasteiger partial charge in [-0.3, -0.25) is 0 Å². The van der Waals surface area contributed by atoms with Crippen molar-refractivity contribution < 1.29 is 12.8 Å². The zero-order valence-corrected chi connectivity index (χ0v) is 13.8. The van der Waals surface area contributed by atoms with Crippen LogP contribution in [0.2, 0.25) is 0 Å². The first kappa shape index (κ1) is 15.6. The average Bonchev–Trinajstić information content (AvgIpc) is 3.07. The molecule has 0 bridgehead atoms. The van der Waals surface area contributed by atoms with E-state index in [1.807, 2.05) is 18.2 Å². The van der Waals surface area contributed by atoms with Crippen molar-refractivity contribution in [3.8, 4) is 0 Å². The molecule has 1 atom stereocenters. The van der Waals surface area contributed by atoms with Crippen LogP contribution in [0.5, 0.6) is 0 Å². The topological polar surface area (TPSA) is 73.1 Å². The van der Waals surface area contributed by atoms with Crippen molar-refractivity contribution in [2.75, 3.05) is 17.3 Å². The lowest BCUT2D eigenvalue weighted by atomic mass is 10.1. The number of hydrogen-bond donors (Lipinski definition) is 0. The lowest BCUT2D eigenvalue weighted by Crippen LogP contribution is -2.07. The minimum Gasteiger partial charge on any atom is -0.416 e. The summed E-state index contributed by atoms with van der Waals surface area (Å²) in [5.41, 5.74) is 1.28. The lowest BCUT2D eigenvalue weighted by molar-refractivity contribution is 0.389. The van der Waals surface area contributed by atoms with Gasteiger partial charge in [-0.15, -0.1) is 10.2 Å². The smallest absolute Gasteiger partial charge is 0.276 e. The van der Waals surface area contributed by atoms with Crippen LogP contribution in [0.3, 0.4) is 0 Å². The molecule has 1 aliphatic heterocycles. The van der Waals surface area contributed by atoms with Crippen molar-refractivity contribution in [2.24, 2.45) is 5.92 Å². The molecule has 0 radical (unpaired) electrons. The van der Waals surface area contributed by atoms with Gasteiger partial charge in [0.15, 0.2) is 9.84 Å². The fraction of sp³-hybridized carbons (Fsp3) is 0.467. The van der Waals surface area contributed by atoms with Gasteiger partial charge in [0, 0.05) is 12.2 Å². The van der Waals surface area contributed by atoms with E-state index in [9.17, 15) is 8.42 Å². The highest BCUT2D eigenvalue weighted by Crippen LogP contribution is 2.24. The zero-order valence-electron chi connectivity index (χ0n) is 12.1. The summed E-state index contributed by atoms with van der Waals surface area (Å²) in [7, 11) is -2.85. The normalized spacial score (nSPS) is 20.3. The van der Waals surface area contributed by atoms with E-state index in [1.165, 1.54) is 17.3 Å². The van der Waals surface area contributed by atoms with Crippen LogP contribution >= 0.6 is 11.8 Å². The largest absolute Gasteiger partial charge is 0.416 e. The Morgan fingerprint density at radius 2 is 2.05 bits per heavy atom. The van der Waals surface area contributed by atoms with E-state index in [0.29, 0.717) is 24.0 Å². The molecule has 1 fully saturated rings. The van der Waals surface area contributed by atoms with Gasteiger partial charge < -0.3 is 4.42 Å². The molecule has 0 amide bonds. The fourth-order valence-corrected chi connectivity index (χ4v) is 5.19. The number of aryl methyl sites for hydroxylation is 1. The standard InChI is InChI=1S/C15H18N2O3S2/c18-22(19)9-7-13(11-22)10-14-16-17-15(20-14)21-8-6-12-4-2-1-3-5-12/h1-5,13H,6-11H2/t13-/m0/s1. The van der Waals surface area contributed by atoms with Gasteiger partial charge in [0.25, 0.3) is 5.22 Å². The molecule has 5 nitrogen and oxygen atoms in total. The highest BCUT2D eigenvalue weighted by molar-refractivity contribution is 7.99. The highest BCUT2D eigenvalue weighted by Gasteiger charge is 2.29. The fourth-order valence-electron chi connectivity index (χ4n) is 2.56. The second kappa shape index (κ2) is 6.83. The van der Waals surface area contributed by atoms with Crippen LogP contribution in [0.25, 0.3) is 0 Å². The Hall–Kier alpha value is -1.34. The first-order valence-electron chi connectivity index (χ1n) is 7.30. The van der Waals surface area contributed by atoms with E-state index >= 15 is 0 Å². The molecule has 1 aliphatic rings. The summed E-state index contributed by atoms with van der Waals surface area (Å²) in [5, 5.41) is 8.61. The van der Waals surface area contributed by atoms with Gasteiger partial charge >= 0.3 is 0 Å². The minimum atomic E-state index is -2.85. The lowest BCUT2D eigenvalue weighted by Gasteiger charge is -2.02. The molecule has 3 rings (SSSR count). The van der Waals surface area contributed by atoms with E-state index in [0.717, 1.165) is 12.2 Å². The van der Waals surface area contributed by atoms with Gasteiger partial charge in [-0.2, -0.15) is 0 Å². The highest BCUT2D eigenvalue weighted by atomic mass is 32.2. The van der Waals surface area contributed by atoms with Crippen LogP contribution < -0.4 is 0 Å². The van der Waals surface area contributed by atoms with Crippen LogP contribution in [-0.4, -0.2) is 35.9 Å². The molecule has 1 aromatic heterocycles. The third-order valence-electron chi connectivity index (χ3n) is 3.70. The van der Waals surface area contributed by atoms with E-state index in [2.05, 4.69) is 22.3 Å². The number of benzene rings is 1. The van der Waals surface area contributed by atoms with Gasteiger partial charge in [0.2, 0.25) is 5.89 Å². The Kier molecular flexibility index (Phi) is 4.83. The van der Waals surface area contributed by atoms with Crippen molar-refractivity contribution in [2.45, 2.75) is 24.5 Å². The van der Waals surface area contributed by atoms with E-state index in [-0.39, 0.29) is 17.4 Å². The maximum atomic E-state index is 11.4. The predicted octanol–water partition coefficient (Wildman–Crippen LogP) is 2.38. The minimum absolute atomic E-state index is 0.118. The molecule has 0 unspecified atom stereocenters. The van der Waals surface area contributed by atoms with Gasteiger partial charge in [0.05, 0.1) is 11.5 Å². The second-order valence-corrected chi connectivity index (χ2v) is 8.79. The van der Waals surface area contributed by atoms with Crippen LogP contribution in [0.1, 0.15) is 17.9 Å². The van der Waals surface area contributed by atoms with Crippen molar-refractivity contribution in [3.05, 3.63) is 41.8 Å². The third kappa shape index (κ3) is 4.33. The molecular weight excluding hydrogens is 320 g/mol. The first-order valence-corrected chi connectivity index (χ1v) is 10.1. The number of hydrogen-bond acceptors (Lipinski definition) is 6. The summed E-state index contributed by atoms with van der Waals surface area (Å²) < 4.78 is 28.5. The Labute approximate surface area is 134 Å². The van der Waals surface area contributed by atoms with Crippen molar-refractivity contribution in [1.82, 2.24) is 10.2 Å². The average molecular weight is 338 g/mol. The summed E-state index contributed by atoms with van der Waals surface area (Å²) in [6.07, 6.45) is 2.21. The first-order chi connectivity index (χ1) is 10.6. The monoisotopic (exact) mass is 338 g/mol. The molecule has 1 saturated heterocycles. The molecule has 118 valence electrons.